The van der Waals surface area contributed by atoms with E-state index in [1.807, 2.05) is 6.20 Å². The van der Waals surface area contributed by atoms with Gasteiger partial charge in [0.1, 0.15) is 0 Å². The summed E-state index contributed by atoms with van der Waals surface area (Å²) in [5, 5.41) is 7.14. The monoisotopic (exact) mass is 349 g/mol. The molecular formula is C18H18F3N3O. The van der Waals surface area contributed by atoms with Crippen molar-refractivity contribution in [3.05, 3.63) is 52.8 Å². The minimum absolute atomic E-state index is 0.201. The number of hydrogen-bond donors (Lipinski definition) is 1. The average Bonchev–Trinajstić information content (AvgIpc) is 3.19. The summed E-state index contributed by atoms with van der Waals surface area (Å²) in [7, 11) is 0. The molecule has 1 aliphatic carbocycles. The van der Waals surface area contributed by atoms with Gasteiger partial charge in [-0.3, -0.25) is 9.89 Å². The van der Waals surface area contributed by atoms with Crippen LogP contribution in [-0.4, -0.2) is 34.1 Å². The molecule has 1 unspecified atom stereocenters. The quantitative estimate of drug-likeness (QED) is 0.856. The first kappa shape index (κ1) is 16.2. The van der Waals surface area contributed by atoms with Crippen molar-refractivity contribution in [2.75, 3.05) is 13.1 Å². The van der Waals surface area contributed by atoms with Crippen molar-refractivity contribution in [1.82, 2.24) is 15.1 Å². The minimum atomic E-state index is -4.54. The Labute approximate surface area is 143 Å². The highest BCUT2D eigenvalue weighted by Crippen LogP contribution is 2.44. The predicted octanol–water partition coefficient (Wildman–Crippen LogP) is 3.55. The summed E-state index contributed by atoms with van der Waals surface area (Å²) in [5.41, 5.74) is 0.870. The van der Waals surface area contributed by atoms with Gasteiger partial charge in [-0.1, -0.05) is 12.1 Å². The number of rotatable bonds is 1. The normalized spacial score (nSPS) is 23.1. The van der Waals surface area contributed by atoms with Crippen molar-refractivity contribution in [3.8, 4) is 0 Å². The van der Waals surface area contributed by atoms with Crippen LogP contribution in [0.5, 0.6) is 0 Å². The number of fused-ring (bicyclic) bond motifs is 2. The highest BCUT2D eigenvalue weighted by molar-refractivity contribution is 5.96. The van der Waals surface area contributed by atoms with Crippen LogP contribution in [0.1, 0.15) is 46.4 Å². The molecule has 1 aliphatic heterocycles. The standard InChI is InChI=1S/C18H18F3N3O/c19-18(20,21)14-5-2-1-4-13(14)16(25)24-9-3-7-17(11-24)8-6-12-10-22-23-15(12)17/h1-2,4-5,10H,3,6-9,11H2,(H,22,23). The van der Waals surface area contributed by atoms with Gasteiger partial charge in [0.2, 0.25) is 0 Å². The van der Waals surface area contributed by atoms with E-state index in [1.54, 1.807) is 4.90 Å². The second kappa shape index (κ2) is 5.61. The van der Waals surface area contributed by atoms with E-state index < -0.39 is 17.6 Å². The molecule has 2 aromatic rings. The molecule has 1 atom stereocenters. The predicted molar refractivity (Wildman–Crippen MR) is 85.2 cm³/mol. The topological polar surface area (TPSA) is 49.0 Å². The van der Waals surface area contributed by atoms with Gasteiger partial charge in [-0.25, -0.2) is 0 Å². The Morgan fingerprint density at radius 1 is 1.24 bits per heavy atom. The van der Waals surface area contributed by atoms with E-state index in [-0.39, 0.29) is 11.0 Å². The molecule has 7 heteroatoms. The van der Waals surface area contributed by atoms with Crippen molar-refractivity contribution >= 4 is 5.91 Å². The Morgan fingerprint density at radius 2 is 2.04 bits per heavy atom. The van der Waals surface area contributed by atoms with E-state index in [0.717, 1.165) is 43.0 Å². The number of halogens is 3. The molecule has 1 amide bonds. The Kier molecular flexibility index (Phi) is 3.63. The van der Waals surface area contributed by atoms with Crippen LogP contribution in [0.2, 0.25) is 0 Å². The molecule has 25 heavy (non-hydrogen) atoms. The number of nitrogens with one attached hydrogen (secondary N) is 1. The number of H-pyrrole nitrogens is 1. The number of carbonyl (C=O) groups excluding carboxylic acids is 1. The third-order valence-corrected chi connectivity index (χ3v) is 5.45. The number of likely N-dealkylation sites (tertiary alicyclic amines) is 1. The largest absolute Gasteiger partial charge is 0.417 e. The molecule has 4 rings (SSSR count). The Morgan fingerprint density at radius 3 is 2.84 bits per heavy atom. The molecule has 4 nitrogen and oxygen atoms in total. The van der Waals surface area contributed by atoms with Crippen LogP contribution < -0.4 is 0 Å². The second-order valence-electron chi connectivity index (χ2n) is 6.92. The second-order valence-corrected chi connectivity index (χ2v) is 6.92. The van der Waals surface area contributed by atoms with Crippen LogP contribution in [0.25, 0.3) is 0 Å². The third kappa shape index (κ3) is 2.62. The molecule has 1 spiro atoms. The first-order valence-corrected chi connectivity index (χ1v) is 8.39. The van der Waals surface area contributed by atoms with Gasteiger partial charge in [0.15, 0.2) is 0 Å². The van der Waals surface area contributed by atoms with Crippen LogP contribution in [0, 0.1) is 0 Å². The number of carbonyl (C=O) groups is 1. The highest BCUT2D eigenvalue weighted by atomic mass is 19.4. The lowest BCUT2D eigenvalue weighted by molar-refractivity contribution is -0.138. The van der Waals surface area contributed by atoms with Crippen molar-refractivity contribution in [2.24, 2.45) is 0 Å². The van der Waals surface area contributed by atoms with Crippen LogP contribution in [0.3, 0.4) is 0 Å². The molecule has 132 valence electrons. The lowest BCUT2D eigenvalue weighted by Crippen LogP contribution is -2.48. The van der Waals surface area contributed by atoms with E-state index in [2.05, 4.69) is 10.2 Å². The maximum absolute atomic E-state index is 13.2. The van der Waals surface area contributed by atoms with Gasteiger partial charge in [0.25, 0.3) is 5.91 Å². The fraction of sp³-hybridized carbons (Fsp3) is 0.444. The Hall–Kier alpha value is -2.31. The van der Waals surface area contributed by atoms with E-state index in [9.17, 15) is 18.0 Å². The SMILES string of the molecule is O=C(c1ccccc1C(F)(F)F)N1CCCC2(CCc3cn[nH]c32)C1. The molecule has 0 saturated carbocycles. The Bertz CT molecular complexity index is 814. The average molecular weight is 349 g/mol. The zero-order chi connectivity index (χ0) is 17.7. The minimum Gasteiger partial charge on any atom is -0.338 e. The summed E-state index contributed by atoms with van der Waals surface area (Å²) in [4.78, 5) is 14.4. The van der Waals surface area contributed by atoms with Gasteiger partial charge in [0, 0.05) is 24.2 Å². The lowest BCUT2D eigenvalue weighted by Gasteiger charge is -2.40. The first-order chi connectivity index (χ1) is 11.9. The number of benzene rings is 1. The van der Waals surface area contributed by atoms with Crippen LogP contribution in [0.15, 0.2) is 30.5 Å². The number of aryl methyl sites for hydroxylation is 1. The fourth-order valence-electron chi connectivity index (χ4n) is 4.26. The van der Waals surface area contributed by atoms with Crippen molar-refractivity contribution in [3.63, 3.8) is 0 Å². The summed E-state index contributed by atoms with van der Waals surface area (Å²) in [6.07, 6.45) is 0.771. The van der Waals surface area contributed by atoms with Crippen LogP contribution in [-0.2, 0) is 18.0 Å². The number of piperidine rings is 1. The van der Waals surface area contributed by atoms with Crippen molar-refractivity contribution in [1.29, 1.82) is 0 Å². The van der Waals surface area contributed by atoms with E-state index in [1.165, 1.54) is 18.2 Å². The van der Waals surface area contributed by atoms with E-state index in [0.29, 0.717) is 13.1 Å². The molecule has 2 aliphatic rings. The maximum Gasteiger partial charge on any atom is 0.417 e. The van der Waals surface area contributed by atoms with Crippen molar-refractivity contribution < 1.29 is 18.0 Å². The van der Waals surface area contributed by atoms with Gasteiger partial charge in [-0.2, -0.15) is 18.3 Å². The van der Waals surface area contributed by atoms with Crippen LogP contribution in [0.4, 0.5) is 13.2 Å². The van der Waals surface area contributed by atoms with Gasteiger partial charge >= 0.3 is 6.18 Å². The van der Waals surface area contributed by atoms with Gasteiger partial charge < -0.3 is 4.90 Å². The third-order valence-electron chi connectivity index (χ3n) is 5.45. The summed E-state index contributed by atoms with van der Waals surface area (Å²) >= 11 is 0. The molecule has 1 saturated heterocycles. The Balaban J connectivity index is 1.64. The lowest BCUT2D eigenvalue weighted by atomic mass is 9.77. The fourth-order valence-corrected chi connectivity index (χ4v) is 4.26. The summed E-state index contributed by atoms with van der Waals surface area (Å²) in [6.45, 7) is 0.920. The number of amides is 1. The molecule has 0 radical (unpaired) electrons. The van der Waals surface area contributed by atoms with Gasteiger partial charge in [0.05, 0.1) is 17.3 Å². The molecule has 0 bridgehead atoms. The molecule has 1 fully saturated rings. The zero-order valence-electron chi connectivity index (χ0n) is 13.6. The van der Waals surface area contributed by atoms with Gasteiger partial charge in [-0.15, -0.1) is 0 Å². The molecule has 1 N–H and O–H groups in total. The van der Waals surface area contributed by atoms with E-state index >= 15 is 0 Å². The first-order valence-electron chi connectivity index (χ1n) is 8.39. The zero-order valence-corrected chi connectivity index (χ0v) is 13.6. The van der Waals surface area contributed by atoms with Crippen molar-refractivity contribution in [2.45, 2.75) is 37.3 Å². The summed E-state index contributed by atoms with van der Waals surface area (Å²) in [6, 6.07) is 5.02. The van der Waals surface area contributed by atoms with Crippen LogP contribution >= 0.6 is 0 Å². The summed E-state index contributed by atoms with van der Waals surface area (Å²) in [5.74, 6) is -0.542. The molecule has 1 aromatic carbocycles. The smallest absolute Gasteiger partial charge is 0.338 e. The number of hydrogen-bond acceptors (Lipinski definition) is 2. The molecular weight excluding hydrogens is 331 g/mol. The number of aromatic amines is 1. The molecule has 2 heterocycles. The van der Waals surface area contributed by atoms with E-state index in [4.69, 9.17) is 0 Å². The number of alkyl halides is 3. The van der Waals surface area contributed by atoms with Gasteiger partial charge in [-0.05, 0) is 43.4 Å². The number of aromatic nitrogens is 2. The number of nitrogens with zero attached hydrogens (tertiary/aromatic N) is 2. The molecule has 1 aromatic heterocycles. The summed E-state index contributed by atoms with van der Waals surface area (Å²) < 4.78 is 39.7. The maximum atomic E-state index is 13.2. The highest BCUT2D eigenvalue weighted by Gasteiger charge is 2.45.